The van der Waals surface area contributed by atoms with Gasteiger partial charge in [-0.15, -0.1) is 0 Å². The Bertz CT molecular complexity index is 249. The highest BCUT2D eigenvalue weighted by atomic mass is 16.2. The van der Waals surface area contributed by atoms with Crippen LogP contribution < -0.4 is 5.32 Å². The van der Waals surface area contributed by atoms with Crippen molar-refractivity contribution in [1.29, 1.82) is 0 Å². The average Bonchev–Trinajstić information content (AvgIpc) is 2.52. The number of nitrogens with zero attached hydrogens (tertiary/aromatic N) is 1. The summed E-state index contributed by atoms with van der Waals surface area (Å²) >= 11 is 0. The van der Waals surface area contributed by atoms with Gasteiger partial charge in [-0.3, -0.25) is 10.1 Å². The van der Waals surface area contributed by atoms with E-state index in [-0.39, 0.29) is 18.1 Å². The first kappa shape index (κ1) is 14.5. The molecule has 1 N–H and O–H groups in total. The molecule has 1 saturated heterocycles. The van der Waals surface area contributed by atoms with Gasteiger partial charge in [-0.2, -0.15) is 0 Å². The van der Waals surface area contributed by atoms with Crippen LogP contribution in [0.25, 0.3) is 0 Å². The number of amides is 1. The van der Waals surface area contributed by atoms with Crippen molar-refractivity contribution < 1.29 is 4.79 Å². The predicted molar refractivity (Wildman–Crippen MR) is 71.6 cm³/mol. The second kappa shape index (κ2) is 6.39. The molecule has 1 aliphatic rings. The van der Waals surface area contributed by atoms with Crippen LogP contribution in [0, 0.1) is 11.8 Å². The van der Waals surface area contributed by atoms with E-state index in [0.717, 1.165) is 25.8 Å². The molecule has 1 heterocycles. The van der Waals surface area contributed by atoms with Crippen molar-refractivity contribution in [3.05, 3.63) is 0 Å². The summed E-state index contributed by atoms with van der Waals surface area (Å²) in [4.78, 5) is 14.2. The number of hydrogen-bond acceptors (Lipinski definition) is 2. The van der Waals surface area contributed by atoms with Crippen molar-refractivity contribution in [3.63, 3.8) is 0 Å². The Hall–Kier alpha value is -0.570. The summed E-state index contributed by atoms with van der Waals surface area (Å²) in [5.41, 5.74) is 0. The summed E-state index contributed by atoms with van der Waals surface area (Å²) in [5, 5.41) is 3.41. The molecule has 3 nitrogen and oxygen atoms in total. The molecule has 1 aliphatic heterocycles. The molecule has 1 amide bonds. The summed E-state index contributed by atoms with van der Waals surface area (Å²) in [6.07, 6.45) is 3.61. The molecule has 0 aliphatic carbocycles. The second-order valence-corrected chi connectivity index (χ2v) is 5.71. The molecular formula is C14H28N2O. The van der Waals surface area contributed by atoms with Crippen molar-refractivity contribution in [2.75, 3.05) is 6.54 Å². The molecule has 2 atom stereocenters. The smallest absolute Gasteiger partial charge is 0.240 e. The molecule has 0 aromatic carbocycles. The number of rotatable bonds is 6. The first-order chi connectivity index (χ1) is 7.99. The van der Waals surface area contributed by atoms with E-state index in [1.54, 1.807) is 0 Å². The van der Waals surface area contributed by atoms with Crippen LogP contribution in [0.5, 0.6) is 0 Å². The van der Waals surface area contributed by atoms with E-state index >= 15 is 0 Å². The minimum atomic E-state index is -0.00638. The Morgan fingerprint density at radius 1 is 1.29 bits per heavy atom. The SMILES string of the molecule is CCC(CC)CN1C(=O)C(C)NC1CC(C)C. The molecule has 0 aromatic heterocycles. The van der Waals surface area contributed by atoms with Gasteiger partial charge >= 0.3 is 0 Å². The number of carbonyl (C=O) groups is 1. The highest BCUT2D eigenvalue weighted by molar-refractivity contribution is 5.83. The van der Waals surface area contributed by atoms with E-state index in [2.05, 4.69) is 37.9 Å². The lowest BCUT2D eigenvalue weighted by Crippen LogP contribution is -2.41. The lowest BCUT2D eigenvalue weighted by molar-refractivity contribution is -0.130. The van der Waals surface area contributed by atoms with Gasteiger partial charge in [0.05, 0.1) is 12.2 Å². The van der Waals surface area contributed by atoms with Crippen LogP contribution >= 0.6 is 0 Å². The monoisotopic (exact) mass is 240 g/mol. The molecule has 0 saturated carbocycles. The molecule has 100 valence electrons. The maximum Gasteiger partial charge on any atom is 0.240 e. The van der Waals surface area contributed by atoms with Crippen molar-refractivity contribution in [1.82, 2.24) is 10.2 Å². The van der Waals surface area contributed by atoms with Crippen LogP contribution in [0.1, 0.15) is 53.9 Å². The van der Waals surface area contributed by atoms with Gasteiger partial charge in [0.25, 0.3) is 0 Å². The largest absolute Gasteiger partial charge is 0.326 e. The first-order valence-electron chi connectivity index (χ1n) is 7.06. The van der Waals surface area contributed by atoms with Crippen molar-refractivity contribution in [3.8, 4) is 0 Å². The van der Waals surface area contributed by atoms with Gasteiger partial charge in [-0.1, -0.05) is 40.5 Å². The molecule has 2 unspecified atom stereocenters. The number of carbonyl (C=O) groups excluding carboxylic acids is 1. The van der Waals surface area contributed by atoms with Crippen LogP contribution in [0.2, 0.25) is 0 Å². The van der Waals surface area contributed by atoms with Crippen LogP contribution in [0.15, 0.2) is 0 Å². The highest BCUT2D eigenvalue weighted by Gasteiger charge is 2.36. The zero-order chi connectivity index (χ0) is 13.0. The summed E-state index contributed by atoms with van der Waals surface area (Å²) in [6.45, 7) is 11.7. The Balaban J connectivity index is 2.66. The normalized spacial score (nSPS) is 25.4. The number of hydrogen-bond donors (Lipinski definition) is 1. The van der Waals surface area contributed by atoms with Gasteiger partial charge in [-0.05, 0) is 25.2 Å². The van der Waals surface area contributed by atoms with Crippen molar-refractivity contribution in [2.45, 2.75) is 66.1 Å². The van der Waals surface area contributed by atoms with Crippen LogP contribution in [-0.4, -0.2) is 29.6 Å². The third kappa shape index (κ3) is 3.70. The molecule has 0 radical (unpaired) electrons. The quantitative estimate of drug-likeness (QED) is 0.774. The fraction of sp³-hybridized carbons (Fsp3) is 0.929. The summed E-state index contributed by atoms with van der Waals surface area (Å²) in [6, 6.07) is -0.00638. The molecular weight excluding hydrogens is 212 g/mol. The summed E-state index contributed by atoms with van der Waals surface area (Å²) < 4.78 is 0. The van der Waals surface area contributed by atoms with Gasteiger partial charge < -0.3 is 4.90 Å². The Morgan fingerprint density at radius 2 is 1.88 bits per heavy atom. The van der Waals surface area contributed by atoms with E-state index in [4.69, 9.17) is 0 Å². The third-order valence-corrected chi connectivity index (χ3v) is 3.78. The average molecular weight is 240 g/mol. The molecule has 1 fully saturated rings. The van der Waals surface area contributed by atoms with E-state index in [1.165, 1.54) is 0 Å². The summed E-state index contributed by atoms with van der Waals surface area (Å²) in [7, 11) is 0. The van der Waals surface area contributed by atoms with Gasteiger partial charge in [0, 0.05) is 6.54 Å². The molecule has 17 heavy (non-hydrogen) atoms. The first-order valence-corrected chi connectivity index (χ1v) is 7.06. The maximum absolute atomic E-state index is 12.1. The predicted octanol–water partition coefficient (Wildman–Crippen LogP) is 2.62. The number of nitrogens with one attached hydrogen (secondary N) is 1. The third-order valence-electron chi connectivity index (χ3n) is 3.78. The topological polar surface area (TPSA) is 32.3 Å². The van der Waals surface area contributed by atoms with E-state index in [9.17, 15) is 4.79 Å². The van der Waals surface area contributed by atoms with Gasteiger partial charge in [0.2, 0.25) is 5.91 Å². The van der Waals surface area contributed by atoms with Crippen LogP contribution in [0.4, 0.5) is 0 Å². The van der Waals surface area contributed by atoms with E-state index in [0.29, 0.717) is 11.8 Å². The molecule has 0 bridgehead atoms. The van der Waals surface area contributed by atoms with Gasteiger partial charge in [-0.25, -0.2) is 0 Å². The minimum absolute atomic E-state index is 0.00638. The van der Waals surface area contributed by atoms with Crippen LogP contribution in [0.3, 0.4) is 0 Å². The van der Waals surface area contributed by atoms with E-state index < -0.39 is 0 Å². The minimum Gasteiger partial charge on any atom is -0.326 e. The standard InChI is InChI=1S/C14H28N2O/c1-6-12(7-2)9-16-13(8-10(3)4)15-11(5)14(16)17/h10-13,15H,6-9H2,1-5H3. The zero-order valence-corrected chi connectivity index (χ0v) is 12.0. The van der Waals surface area contributed by atoms with Gasteiger partial charge in [0.1, 0.15) is 0 Å². The fourth-order valence-corrected chi connectivity index (χ4v) is 2.54. The molecule has 1 rings (SSSR count). The Labute approximate surface area is 106 Å². The highest BCUT2D eigenvalue weighted by Crippen LogP contribution is 2.21. The molecule has 3 heteroatoms. The lowest BCUT2D eigenvalue weighted by atomic mass is 10.0. The lowest BCUT2D eigenvalue weighted by Gasteiger charge is -2.29. The Kier molecular flexibility index (Phi) is 5.44. The van der Waals surface area contributed by atoms with Gasteiger partial charge in [0.15, 0.2) is 0 Å². The molecule has 0 aromatic rings. The Morgan fingerprint density at radius 3 is 2.35 bits per heavy atom. The van der Waals surface area contributed by atoms with Crippen LogP contribution in [-0.2, 0) is 4.79 Å². The fourth-order valence-electron chi connectivity index (χ4n) is 2.54. The van der Waals surface area contributed by atoms with Crippen molar-refractivity contribution in [2.24, 2.45) is 11.8 Å². The zero-order valence-electron chi connectivity index (χ0n) is 12.0. The second-order valence-electron chi connectivity index (χ2n) is 5.71. The molecule has 0 spiro atoms. The van der Waals surface area contributed by atoms with Crippen molar-refractivity contribution >= 4 is 5.91 Å². The summed E-state index contributed by atoms with van der Waals surface area (Å²) in [5.74, 6) is 1.54. The van der Waals surface area contributed by atoms with E-state index in [1.807, 2.05) is 6.92 Å². The maximum atomic E-state index is 12.1.